The summed E-state index contributed by atoms with van der Waals surface area (Å²) in [5, 5.41) is 9.95. The maximum Gasteiger partial charge on any atom is 0.321 e. The molecule has 0 saturated carbocycles. The summed E-state index contributed by atoms with van der Waals surface area (Å²) in [6.07, 6.45) is 4.86. The number of halogens is 2. The maximum absolute atomic E-state index is 14.6. The zero-order valence-corrected chi connectivity index (χ0v) is 21.1. The van der Waals surface area contributed by atoms with Gasteiger partial charge in [0.05, 0.1) is 11.7 Å². The Kier molecular flexibility index (Phi) is 8.21. The van der Waals surface area contributed by atoms with E-state index in [-0.39, 0.29) is 23.3 Å². The first-order valence-electron chi connectivity index (χ1n) is 12.9. The second-order valence-corrected chi connectivity index (χ2v) is 9.36. The number of ether oxygens (including phenoxy) is 2. The molecule has 0 radical (unpaired) electrons. The first kappa shape index (κ1) is 25.8. The summed E-state index contributed by atoms with van der Waals surface area (Å²) >= 11 is 0. The number of aliphatic hydroxyl groups is 1. The summed E-state index contributed by atoms with van der Waals surface area (Å²) in [6.45, 7) is 10.2. The topological polar surface area (TPSA) is 83.8 Å². The van der Waals surface area contributed by atoms with E-state index in [4.69, 9.17) is 9.47 Å². The predicted molar refractivity (Wildman–Crippen MR) is 130 cm³/mol. The Morgan fingerprint density at radius 2 is 1.86 bits per heavy atom. The van der Waals surface area contributed by atoms with Crippen LogP contribution in [0.2, 0.25) is 0 Å². The highest BCUT2D eigenvalue weighted by Gasteiger charge is 2.35. The van der Waals surface area contributed by atoms with E-state index in [1.54, 1.807) is 6.92 Å². The number of alkyl halides is 1. The van der Waals surface area contributed by atoms with Crippen LogP contribution >= 0.6 is 0 Å². The molecule has 1 N–H and O–H groups in total. The van der Waals surface area contributed by atoms with E-state index in [0.29, 0.717) is 36.3 Å². The molecule has 194 valence electrons. The number of anilines is 1. The van der Waals surface area contributed by atoms with Crippen molar-refractivity contribution in [1.82, 2.24) is 19.9 Å². The number of aromatic nitrogens is 3. The fraction of sp³-hybridized carbons (Fsp3) is 0.720. The smallest absolute Gasteiger partial charge is 0.321 e. The Bertz CT molecular complexity index is 1010. The lowest BCUT2D eigenvalue weighted by atomic mass is 10.0. The predicted octanol–water partition coefficient (Wildman–Crippen LogP) is 4.16. The number of pyridine rings is 1. The molecule has 0 aromatic carbocycles. The molecule has 10 heteroatoms. The van der Waals surface area contributed by atoms with Crippen LogP contribution in [0.15, 0.2) is 0 Å². The molecule has 2 aromatic rings. The lowest BCUT2D eigenvalue weighted by Gasteiger charge is -2.34. The zero-order chi connectivity index (χ0) is 25.1. The largest absolute Gasteiger partial charge is 0.475 e. The number of piperidine rings is 1. The molecule has 6 rings (SSSR count). The summed E-state index contributed by atoms with van der Waals surface area (Å²) in [7, 11) is 0. The summed E-state index contributed by atoms with van der Waals surface area (Å²) < 4.78 is 38.3. The van der Waals surface area contributed by atoms with Gasteiger partial charge in [0.1, 0.15) is 29.5 Å². The van der Waals surface area contributed by atoms with E-state index in [9.17, 15) is 13.9 Å². The minimum absolute atomic E-state index is 0.0471. The lowest BCUT2D eigenvalue weighted by Crippen LogP contribution is -2.42. The number of aryl methyl sites for hydroxylation is 1. The van der Waals surface area contributed by atoms with Gasteiger partial charge in [-0.1, -0.05) is 13.8 Å². The fourth-order valence-corrected chi connectivity index (χ4v) is 5.39. The standard InChI is InChI=1S/C16H19FN4O3.C7H12FN.C2H6/c1-8-12(17)13-11-14(20-16(19-13)24-9(2)22)21-6-4-3-5-10(21)7-23-15(11)18-8;8-6-4-7-2-1-3-9(7)5-6;1-2/h9-10,22H,3-7H2,1-2H3;6-7H,1-5H2;1-2H3. The van der Waals surface area contributed by atoms with Gasteiger partial charge in [-0.05, 0) is 58.9 Å². The molecule has 0 aliphatic carbocycles. The van der Waals surface area contributed by atoms with Crippen LogP contribution in [0.1, 0.15) is 65.0 Å². The highest BCUT2D eigenvalue weighted by molar-refractivity contribution is 5.95. The summed E-state index contributed by atoms with van der Waals surface area (Å²) in [5.41, 5.74) is 0.328. The van der Waals surface area contributed by atoms with Crippen LogP contribution in [0.3, 0.4) is 0 Å². The van der Waals surface area contributed by atoms with Crippen LogP contribution in [0.4, 0.5) is 14.6 Å². The number of hydrogen-bond acceptors (Lipinski definition) is 8. The third-order valence-corrected chi connectivity index (χ3v) is 6.93. The monoisotopic (exact) mass is 493 g/mol. The molecule has 8 nitrogen and oxygen atoms in total. The average Bonchev–Trinajstić information content (AvgIpc) is 3.38. The number of rotatable bonds is 2. The molecular formula is C25H37F2N5O3. The van der Waals surface area contributed by atoms with Crippen molar-refractivity contribution in [2.45, 2.75) is 90.8 Å². The number of hydrogen-bond donors (Lipinski definition) is 1. The van der Waals surface area contributed by atoms with Crippen molar-refractivity contribution in [3.63, 3.8) is 0 Å². The van der Waals surface area contributed by atoms with Gasteiger partial charge in [-0.15, -0.1) is 0 Å². The van der Waals surface area contributed by atoms with Crippen molar-refractivity contribution in [1.29, 1.82) is 0 Å². The third-order valence-electron chi connectivity index (χ3n) is 6.93. The molecule has 3 fully saturated rings. The Morgan fingerprint density at radius 1 is 1.09 bits per heavy atom. The van der Waals surface area contributed by atoms with E-state index in [0.717, 1.165) is 38.8 Å². The van der Waals surface area contributed by atoms with E-state index in [1.165, 1.54) is 19.8 Å². The Hall–Kier alpha value is -2.33. The second kappa shape index (κ2) is 11.2. The quantitative estimate of drug-likeness (QED) is 0.625. The van der Waals surface area contributed by atoms with Gasteiger partial charge in [0.2, 0.25) is 5.88 Å². The van der Waals surface area contributed by atoms with E-state index in [1.807, 2.05) is 13.8 Å². The molecule has 4 aliphatic rings. The Balaban J connectivity index is 0.000000218. The molecule has 6 heterocycles. The first-order chi connectivity index (χ1) is 16.9. The summed E-state index contributed by atoms with van der Waals surface area (Å²) in [6, 6.07) is 0.725. The van der Waals surface area contributed by atoms with E-state index < -0.39 is 18.3 Å². The average molecular weight is 494 g/mol. The van der Waals surface area contributed by atoms with Crippen LogP contribution < -0.4 is 14.4 Å². The maximum atomic E-state index is 14.6. The van der Waals surface area contributed by atoms with Crippen molar-refractivity contribution in [3.8, 4) is 11.9 Å². The van der Waals surface area contributed by atoms with Gasteiger partial charge in [0, 0.05) is 19.1 Å². The van der Waals surface area contributed by atoms with E-state index >= 15 is 0 Å². The van der Waals surface area contributed by atoms with Gasteiger partial charge in [-0.25, -0.2) is 13.8 Å². The Morgan fingerprint density at radius 3 is 2.60 bits per heavy atom. The minimum atomic E-state index is -1.08. The molecule has 2 aromatic heterocycles. The molecule has 35 heavy (non-hydrogen) atoms. The Labute approximate surface area is 205 Å². The zero-order valence-electron chi connectivity index (χ0n) is 21.1. The molecule has 4 aliphatic heterocycles. The van der Waals surface area contributed by atoms with Crippen LogP contribution in [0.25, 0.3) is 10.9 Å². The normalized spacial score (nSPS) is 25.8. The van der Waals surface area contributed by atoms with Crippen LogP contribution in [-0.4, -0.2) is 75.7 Å². The second-order valence-electron chi connectivity index (χ2n) is 9.36. The lowest BCUT2D eigenvalue weighted by molar-refractivity contribution is -0.00703. The summed E-state index contributed by atoms with van der Waals surface area (Å²) in [4.78, 5) is 17.2. The van der Waals surface area contributed by atoms with Gasteiger partial charge in [0.15, 0.2) is 12.1 Å². The fourth-order valence-electron chi connectivity index (χ4n) is 5.39. The van der Waals surface area contributed by atoms with Crippen molar-refractivity contribution in [3.05, 3.63) is 11.5 Å². The van der Waals surface area contributed by atoms with Gasteiger partial charge >= 0.3 is 6.01 Å². The highest BCUT2D eigenvalue weighted by atomic mass is 19.1. The molecule has 0 bridgehead atoms. The van der Waals surface area contributed by atoms with Gasteiger partial charge in [0.25, 0.3) is 0 Å². The van der Waals surface area contributed by atoms with Crippen molar-refractivity contribution in [2.24, 2.45) is 0 Å². The van der Waals surface area contributed by atoms with Crippen LogP contribution in [-0.2, 0) is 0 Å². The molecule has 4 unspecified atom stereocenters. The van der Waals surface area contributed by atoms with E-state index in [2.05, 4.69) is 24.8 Å². The molecule has 3 saturated heterocycles. The number of nitrogens with zero attached hydrogens (tertiary/aromatic N) is 5. The summed E-state index contributed by atoms with van der Waals surface area (Å²) in [5.74, 6) is 0.406. The van der Waals surface area contributed by atoms with Gasteiger partial charge in [-0.3, -0.25) is 4.90 Å². The highest BCUT2D eigenvalue weighted by Crippen LogP contribution is 2.39. The van der Waals surface area contributed by atoms with Crippen LogP contribution in [0, 0.1) is 12.7 Å². The SMILES string of the molecule is CC.Cc1nc2c3c(nc(OC(C)O)nc3c1F)N1CCCCC1CO2.FC1CC2CCCN2C1. The van der Waals surface area contributed by atoms with Crippen molar-refractivity contribution >= 4 is 16.7 Å². The van der Waals surface area contributed by atoms with Crippen LogP contribution in [0.5, 0.6) is 11.9 Å². The van der Waals surface area contributed by atoms with Crippen molar-refractivity contribution in [2.75, 3.05) is 31.1 Å². The molecule has 0 spiro atoms. The molecular weight excluding hydrogens is 456 g/mol. The number of fused-ring (bicyclic) bond motifs is 3. The third kappa shape index (κ3) is 5.43. The van der Waals surface area contributed by atoms with Gasteiger partial charge < -0.3 is 19.5 Å². The molecule has 0 amide bonds. The van der Waals surface area contributed by atoms with Gasteiger partial charge in [-0.2, -0.15) is 9.97 Å². The number of aliphatic hydroxyl groups excluding tert-OH is 1. The molecule has 4 atom stereocenters. The minimum Gasteiger partial charge on any atom is -0.475 e. The first-order valence-corrected chi connectivity index (χ1v) is 12.9. The van der Waals surface area contributed by atoms with Crippen molar-refractivity contribution < 1.29 is 23.4 Å².